The molecule has 1 N–H and O–H groups in total. The number of aryl methyl sites for hydroxylation is 2. The summed E-state index contributed by atoms with van der Waals surface area (Å²) in [7, 11) is 0. The van der Waals surface area contributed by atoms with Crippen molar-refractivity contribution in [1.82, 2.24) is 14.9 Å². The van der Waals surface area contributed by atoms with Crippen LogP contribution in [0.1, 0.15) is 37.1 Å². The monoisotopic (exact) mass is 346 g/mol. The number of β-amino-alcohol motifs (C(OH)–C–C–N with tert-alkyl or cyclic N) is 1. The number of nitrogens with zero attached hydrogens (tertiary/aromatic N) is 4. The van der Waals surface area contributed by atoms with Crippen molar-refractivity contribution in [3.05, 3.63) is 16.8 Å². The lowest BCUT2D eigenvalue weighted by molar-refractivity contribution is 0.114. The van der Waals surface area contributed by atoms with Crippen LogP contribution in [0.5, 0.6) is 0 Å². The summed E-state index contributed by atoms with van der Waals surface area (Å²) in [4.78, 5) is 16.7. The van der Waals surface area contributed by atoms with Crippen LogP contribution in [0.3, 0.4) is 0 Å². The van der Waals surface area contributed by atoms with E-state index in [1.807, 2.05) is 18.3 Å². The van der Waals surface area contributed by atoms with Gasteiger partial charge in [-0.2, -0.15) is 0 Å². The summed E-state index contributed by atoms with van der Waals surface area (Å²) in [6, 6.07) is 0.398. The summed E-state index contributed by atoms with van der Waals surface area (Å²) in [5, 5.41) is 11.0. The van der Waals surface area contributed by atoms with E-state index >= 15 is 0 Å². The van der Waals surface area contributed by atoms with Crippen molar-refractivity contribution < 1.29 is 5.11 Å². The lowest BCUT2D eigenvalue weighted by atomic mass is 9.96. The maximum Gasteiger partial charge on any atom is 0.141 e. The van der Waals surface area contributed by atoms with Gasteiger partial charge in [0.2, 0.25) is 0 Å². The van der Waals surface area contributed by atoms with Crippen molar-refractivity contribution in [3.8, 4) is 0 Å². The first-order valence-corrected chi connectivity index (χ1v) is 9.87. The van der Waals surface area contributed by atoms with E-state index in [-0.39, 0.29) is 6.10 Å². The first kappa shape index (κ1) is 16.2. The van der Waals surface area contributed by atoms with Gasteiger partial charge in [-0.1, -0.05) is 0 Å². The molecule has 2 unspecified atom stereocenters. The van der Waals surface area contributed by atoms with E-state index < -0.39 is 0 Å². The van der Waals surface area contributed by atoms with Crippen LogP contribution < -0.4 is 4.90 Å². The highest BCUT2D eigenvalue weighted by Crippen LogP contribution is 2.39. The van der Waals surface area contributed by atoms with Gasteiger partial charge in [-0.25, -0.2) is 9.97 Å². The van der Waals surface area contributed by atoms with Crippen LogP contribution in [0, 0.1) is 0 Å². The Balaban J connectivity index is 1.66. The zero-order valence-corrected chi connectivity index (χ0v) is 15.3. The first-order chi connectivity index (χ1) is 11.6. The summed E-state index contributed by atoms with van der Waals surface area (Å²) in [5.41, 5.74) is 1.51. The molecule has 6 heteroatoms. The molecule has 2 aliphatic rings. The molecular formula is C18H26N4OS. The molecular weight excluding hydrogens is 320 g/mol. The fourth-order valence-corrected chi connectivity index (χ4v) is 5.40. The largest absolute Gasteiger partial charge is 0.392 e. The van der Waals surface area contributed by atoms with Gasteiger partial charge in [-0.05, 0) is 45.1 Å². The number of rotatable bonds is 3. The van der Waals surface area contributed by atoms with E-state index in [1.165, 1.54) is 41.5 Å². The van der Waals surface area contributed by atoms with E-state index in [1.54, 1.807) is 6.33 Å². The fourth-order valence-electron chi connectivity index (χ4n) is 4.18. The highest BCUT2D eigenvalue weighted by Gasteiger charge is 2.29. The molecule has 2 aromatic heterocycles. The summed E-state index contributed by atoms with van der Waals surface area (Å²) in [5.74, 6) is 1.13. The molecule has 2 aromatic rings. The second-order valence-corrected chi connectivity index (χ2v) is 8.32. The molecule has 0 bridgehead atoms. The van der Waals surface area contributed by atoms with E-state index in [0.29, 0.717) is 6.04 Å². The van der Waals surface area contributed by atoms with Gasteiger partial charge < -0.3 is 10.0 Å². The predicted octanol–water partition coefficient (Wildman–Crippen LogP) is 2.46. The predicted molar refractivity (Wildman–Crippen MR) is 99.0 cm³/mol. The van der Waals surface area contributed by atoms with Crippen LogP contribution >= 0.6 is 11.3 Å². The van der Waals surface area contributed by atoms with Crippen molar-refractivity contribution >= 4 is 27.4 Å². The molecule has 0 amide bonds. The summed E-state index contributed by atoms with van der Waals surface area (Å²) in [6.45, 7) is 7.80. The number of aliphatic hydroxyl groups excluding tert-OH is 1. The van der Waals surface area contributed by atoms with Crippen molar-refractivity contribution in [3.63, 3.8) is 0 Å². The normalized spacial score (nSPS) is 23.5. The summed E-state index contributed by atoms with van der Waals surface area (Å²) >= 11 is 1.87. The van der Waals surface area contributed by atoms with Gasteiger partial charge in [0.25, 0.3) is 0 Å². The summed E-state index contributed by atoms with van der Waals surface area (Å²) in [6.07, 6.45) is 6.43. The van der Waals surface area contributed by atoms with Crippen LogP contribution in [0.2, 0.25) is 0 Å². The lowest BCUT2D eigenvalue weighted by Gasteiger charge is -2.41. The van der Waals surface area contributed by atoms with E-state index in [2.05, 4.69) is 21.7 Å². The molecule has 1 fully saturated rings. The van der Waals surface area contributed by atoms with Crippen LogP contribution in [-0.4, -0.2) is 58.3 Å². The van der Waals surface area contributed by atoms with E-state index in [4.69, 9.17) is 4.98 Å². The van der Waals surface area contributed by atoms with Crippen LogP contribution in [0.4, 0.5) is 5.82 Å². The maximum absolute atomic E-state index is 9.65. The van der Waals surface area contributed by atoms with Crippen molar-refractivity contribution in [2.75, 3.05) is 31.1 Å². The minimum Gasteiger partial charge on any atom is -0.392 e. The maximum atomic E-state index is 9.65. The third-order valence-electron chi connectivity index (χ3n) is 5.24. The number of fused-ring (bicyclic) bond motifs is 3. The molecule has 5 nitrogen and oxygen atoms in total. The second-order valence-electron chi connectivity index (χ2n) is 7.24. The Hall–Kier alpha value is -1.24. The Morgan fingerprint density at radius 1 is 1.29 bits per heavy atom. The Morgan fingerprint density at radius 2 is 2.12 bits per heavy atom. The van der Waals surface area contributed by atoms with E-state index in [0.717, 1.165) is 36.8 Å². The Kier molecular flexibility index (Phi) is 4.45. The van der Waals surface area contributed by atoms with Crippen molar-refractivity contribution in [2.24, 2.45) is 0 Å². The minimum absolute atomic E-state index is 0.265. The quantitative estimate of drug-likeness (QED) is 0.925. The molecule has 0 radical (unpaired) electrons. The van der Waals surface area contributed by atoms with Crippen molar-refractivity contribution in [2.45, 2.75) is 51.7 Å². The van der Waals surface area contributed by atoms with Gasteiger partial charge in [0.05, 0.1) is 11.5 Å². The number of thiophene rings is 1. The van der Waals surface area contributed by atoms with Crippen LogP contribution in [-0.2, 0) is 12.8 Å². The average Bonchev–Trinajstić information content (AvgIpc) is 2.93. The van der Waals surface area contributed by atoms with Gasteiger partial charge in [-0.15, -0.1) is 11.3 Å². The molecule has 3 heterocycles. The molecule has 2 atom stereocenters. The highest BCUT2D eigenvalue weighted by atomic mass is 32.1. The molecule has 0 saturated carbocycles. The van der Waals surface area contributed by atoms with Crippen molar-refractivity contribution in [1.29, 1.82) is 0 Å². The third-order valence-corrected chi connectivity index (χ3v) is 6.44. The van der Waals surface area contributed by atoms with Crippen LogP contribution in [0.15, 0.2) is 6.33 Å². The Morgan fingerprint density at radius 3 is 2.92 bits per heavy atom. The van der Waals surface area contributed by atoms with E-state index in [9.17, 15) is 5.11 Å². The number of hydrogen-bond donors (Lipinski definition) is 1. The summed E-state index contributed by atoms with van der Waals surface area (Å²) < 4.78 is 0. The standard InChI is InChI=1S/C18H26N4OS/c1-12-9-21(10-13(2)23)7-8-22(12)17-16-14-5-3-4-6-15(14)24-18(16)20-11-19-17/h11-13,23H,3-10H2,1-2H3. The first-order valence-electron chi connectivity index (χ1n) is 9.06. The third kappa shape index (κ3) is 2.91. The highest BCUT2D eigenvalue weighted by molar-refractivity contribution is 7.19. The zero-order chi connectivity index (χ0) is 16.7. The molecule has 1 saturated heterocycles. The smallest absolute Gasteiger partial charge is 0.141 e. The number of anilines is 1. The second kappa shape index (κ2) is 6.58. The molecule has 4 rings (SSSR count). The molecule has 1 aliphatic carbocycles. The zero-order valence-electron chi connectivity index (χ0n) is 14.5. The number of aliphatic hydroxyl groups is 1. The molecule has 1 aliphatic heterocycles. The average molecular weight is 347 g/mol. The number of hydrogen-bond acceptors (Lipinski definition) is 6. The topological polar surface area (TPSA) is 52.5 Å². The Labute approximate surface area is 147 Å². The van der Waals surface area contributed by atoms with Gasteiger partial charge in [0.15, 0.2) is 0 Å². The molecule has 0 spiro atoms. The van der Waals surface area contributed by atoms with Gasteiger partial charge in [0, 0.05) is 37.1 Å². The number of piperazine rings is 1. The Bertz CT molecular complexity index is 729. The lowest BCUT2D eigenvalue weighted by Crippen LogP contribution is -2.53. The number of aromatic nitrogens is 2. The SMILES string of the molecule is CC(O)CN1CCN(c2ncnc3sc4c(c23)CCCC4)C(C)C1. The van der Waals surface area contributed by atoms with Gasteiger partial charge in [0.1, 0.15) is 17.0 Å². The molecule has 24 heavy (non-hydrogen) atoms. The van der Waals surface area contributed by atoms with Gasteiger partial charge in [-0.3, -0.25) is 4.90 Å². The van der Waals surface area contributed by atoms with Gasteiger partial charge >= 0.3 is 0 Å². The van der Waals surface area contributed by atoms with Crippen LogP contribution in [0.25, 0.3) is 10.2 Å². The minimum atomic E-state index is -0.265. The molecule has 130 valence electrons. The molecule has 0 aromatic carbocycles. The fraction of sp³-hybridized carbons (Fsp3) is 0.667.